The third-order valence-corrected chi connectivity index (χ3v) is 4.97. The smallest absolute Gasteiger partial charge is 0.300 e. The number of rotatable bonds is 3. The summed E-state index contributed by atoms with van der Waals surface area (Å²) in [6.45, 7) is 5.63. The molecule has 0 atom stereocenters. The average molecular weight is 422 g/mol. The van der Waals surface area contributed by atoms with Gasteiger partial charge in [-0.05, 0) is 54.3 Å². The number of fused-ring (bicyclic) bond motifs is 2. The van der Waals surface area contributed by atoms with Crippen LogP contribution >= 0.6 is 0 Å². The molecule has 0 spiro atoms. The standard InChI is InChI=1S/C24H17N5O.C2H6/c1-2-4-22(30)29-17-6-3-5-15(11-17)16-12-20-21(14-28-24(20)27-13-16)18-7-9-25-23-19(18)8-10-26-23;1-2/h3,5-14H,1H3,(H,25,26)(H,27,28)(H,29,30);1-2H3. The van der Waals surface area contributed by atoms with Crippen molar-refractivity contribution in [1.29, 1.82) is 0 Å². The Morgan fingerprint density at radius 3 is 2.62 bits per heavy atom. The molecule has 5 aromatic rings. The molecule has 0 aliphatic carbocycles. The highest BCUT2D eigenvalue weighted by Crippen LogP contribution is 2.34. The lowest BCUT2D eigenvalue weighted by Crippen LogP contribution is -2.08. The number of carbonyl (C=O) groups is 1. The number of amides is 1. The molecule has 1 aromatic carbocycles. The largest absolute Gasteiger partial charge is 0.346 e. The highest BCUT2D eigenvalue weighted by Gasteiger charge is 2.12. The normalized spacial score (nSPS) is 10.2. The van der Waals surface area contributed by atoms with E-state index < -0.39 is 0 Å². The molecule has 4 aromatic heterocycles. The number of pyridine rings is 2. The number of aromatic nitrogens is 4. The third-order valence-electron chi connectivity index (χ3n) is 4.97. The van der Waals surface area contributed by atoms with Crippen molar-refractivity contribution < 1.29 is 4.79 Å². The topological polar surface area (TPSA) is 86.5 Å². The first-order valence-corrected chi connectivity index (χ1v) is 10.5. The highest BCUT2D eigenvalue weighted by molar-refractivity contribution is 6.05. The van der Waals surface area contributed by atoms with Gasteiger partial charge in [0.1, 0.15) is 11.3 Å². The molecule has 158 valence electrons. The van der Waals surface area contributed by atoms with E-state index in [0.29, 0.717) is 5.69 Å². The molecule has 0 radical (unpaired) electrons. The molecule has 3 N–H and O–H groups in total. The van der Waals surface area contributed by atoms with E-state index in [9.17, 15) is 4.79 Å². The fourth-order valence-corrected chi connectivity index (χ4v) is 3.63. The van der Waals surface area contributed by atoms with Crippen LogP contribution in [0.5, 0.6) is 0 Å². The first-order chi connectivity index (χ1) is 15.7. The van der Waals surface area contributed by atoms with Crippen LogP contribution in [0, 0.1) is 11.8 Å². The van der Waals surface area contributed by atoms with Gasteiger partial charge < -0.3 is 15.3 Å². The number of benzene rings is 1. The van der Waals surface area contributed by atoms with Gasteiger partial charge in [-0.25, -0.2) is 9.97 Å². The fourth-order valence-electron chi connectivity index (χ4n) is 3.63. The van der Waals surface area contributed by atoms with Crippen molar-refractivity contribution in [2.45, 2.75) is 20.8 Å². The molecule has 0 saturated carbocycles. The maximum atomic E-state index is 11.8. The van der Waals surface area contributed by atoms with E-state index in [1.54, 1.807) is 13.1 Å². The molecule has 0 unspecified atom stereocenters. The maximum Gasteiger partial charge on any atom is 0.300 e. The van der Waals surface area contributed by atoms with Crippen LogP contribution < -0.4 is 5.32 Å². The maximum absolute atomic E-state index is 11.8. The highest BCUT2D eigenvalue weighted by atomic mass is 16.1. The van der Waals surface area contributed by atoms with E-state index in [2.05, 4.69) is 43.2 Å². The van der Waals surface area contributed by atoms with Gasteiger partial charge in [-0.2, -0.15) is 0 Å². The van der Waals surface area contributed by atoms with E-state index in [4.69, 9.17) is 0 Å². The zero-order chi connectivity index (χ0) is 22.5. The lowest BCUT2D eigenvalue weighted by molar-refractivity contribution is -0.111. The van der Waals surface area contributed by atoms with E-state index in [0.717, 1.165) is 44.3 Å². The zero-order valence-electron chi connectivity index (χ0n) is 18.2. The lowest BCUT2D eigenvalue weighted by Gasteiger charge is -2.07. The van der Waals surface area contributed by atoms with Gasteiger partial charge in [-0.3, -0.25) is 4.79 Å². The van der Waals surface area contributed by atoms with E-state index >= 15 is 0 Å². The van der Waals surface area contributed by atoms with Crippen molar-refractivity contribution in [3.63, 3.8) is 0 Å². The minimum absolute atomic E-state index is 0.329. The van der Waals surface area contributed by atoms with Crippen molar-refractivity contribution >= 4 is 33.7 Å². The Balaban J connectivity index is 0.00000119. The first-order valence-electron chi connectivity index (χ1n) is 10.5. The number of anilines is 1. The second-order valence-corrected chi connectivity index (χ2v) is 6.83. The number of hydrogen-bond acceptors (Lipinski definition) is 3. The van der Waals surface area contributed by atoms with E-state index in [1.165, 1.54) is 0 Å². The zero-order valence-corrected chi connectivity index (χ0v) is 18.2. The molecule has 4 heterocycles. The number of H-pyrrole nitrogens is 2. The molecular weight excluding hydrogens is 398 g/mol. The van der Waals surface area contributed by atoms with Gasteiger partial charge in [0.15, 0.2) is 0 Å². The van der Waals surface area contributed by atoms with Gasteiger partial charge >= 0.3 is 0 Å². The summed E-state index contributed by atoms with van der Waals surface area (Å²) in [5.41, 5.74) is 6.43. The van der Waals surface area contributed by atoms with Gasteiger partial charge in [-0.1, -0.05) is 31.9 Å². The molecule has 0 bridgehead atoms. The van der Waals surface area contributed by atoms with Gasteiger partial charge in [0.05, 0.1) is 0 Å². The minimum atomic E-state index is -0.329. The summed E-state index contributed by atoms with van der Waals surface area (Å²) < 4.78 is 0. The van der Waals surface area contributed by atoms with Gasteiger partial charge in [-0.15, -0.1) is 0 Å². The molecule has 6 heteroatoms. The van der Waals surface area contributed by atoms with Gasteiger partial charge in [0.25, 0.3) is 5.91 Å². The summed E-state index contributed by atoms with van der Waals surface area (Å²) in [6.07, 6.45) is 7.50. The Labute approximate surface area is 186 Å². The van der Waals surface area contributed by atoms with E-state index in [-0.39, 0.29) is 5.91 Å². The number of carbonyl (C=O) groups excluding carboxylic acids is 1. The third kappa shape index (κ3) is 3.96. The number of hydrogen-bond donors (Lipinski definition) is 3. The molecule has 1 amide bonds. The van der Waals surface area contributed by atoms with Crippen molar-refractivity contribution in [2.75, 3.05) is 5.32 Å². The molecule has 32 heavy (non-hydrogen) atoms. The Kier molecular flexibility index (Phi) is 6.00. The summed E-state index contributed by atoms with van der Waals surface area (Å²) in [5, 5.41) is 4.87. The van der Waals surface area contributed by atoms with E-state index in [1.807, 2.05) is 68.8 Å². The van der Waals surface area contributed by atoms with Crippen molar-refractivity contribution in [3.8, 4) is 34.1 Å². The second-order valence-electron chi connectivity index (χ2n) is 6.83. The predicted molar refractivity (Wildman–Crippen MR) is 130 cm³/mol. The van der Waals surface area contributed by atoms with Crippen LogP contribution in [0.15, 0.2) is 67.3 Å². The Hall–Kier alpha value is -4.37. The summed E-state index contributed by atoms with van der Waals surface area (Å²) in [4.78, 5) is 27.2. The molecule has 0 saturated heterocycles. The molecular formula is C26H23N5O. The first kappa shape index (κ1) is 20.9. The predicted octanol–water partition coefficient (Wildman–Crippen LogP) is 5.76. The van der Waals surface area contributed by atoms with Crippen LogP contribution in [-0.2, 0) is 4.79 Å². The summed E-state index contributed by atoms with van der Waals surface area (Å²) >= 11 is 0. The van der Waals surface area contributed by atoms with Crippen molar-refractivity contribution in [2.24, 2.45) is 0 Å². The van der Waals surface area contributed by atoms with Gasteiger partial charge in [0.2, 0.25) is 0 Å². The molecule has 0 aliphatic heterocycles. The van der Waals surface area contributed by atoms with Crippen LogP contribution in [0.3, 0.4) is 0 Å². The van der Waals surface area contributed by atoms with Crippen molar-refractivity contribution in [3.05, 3.63) is 67.3 Å². The molecule has 6 nitrogen and oxygen atoms in total. The summed E-state index contributed by atoms with van der Waals surface area (Å²) in [5.74, 6) is 4.76. The number of nitrogens with zero attached hydrogens (tertiary/aromatic N) is 2. The summed E-state index contributed by atoms with van der Waals surface area (Å²) in [6, 6.07) is 13.8. The van der Waals surface area contributed by atoms with Crippen molar-refractivity contribution in [1.82, 2.24) is 19.9 Å². The lowest BCUT2D eigenvalue weighted by atomic mass is 10.0. The number of nitrogens with one attached hydrogen (secondary N) is 3. The fraction of sp³-hybridized carbons (Fsp3) is 0.115. The quantitative estimate of drug-likeness (QED) is 0.324. The molecule has 0 aliphatic rings. The minimum Gasteiger partial charge on any atom is -0.346 e. The van der Waals surface area contributed by atoms with Crippen LogP contribution in [-0.4, -0.2) is 25.8 Å². The van der Waals surface area contributed by atoms with Crippen LogP contribution in [0.1, 0.15) is 20.8 Å². The Morgan fingerprint density at radius 2 is 1.78 bits per heavy atom. The SMILES string of the molecule is CC.CC#CC(=O)Nc1cccc(-c2cnc3[nH]cc(-c4ccnc5[nH]ccc45)c3c2)c1. The number of aromatic amines is 2. The Bertz CT molecular complexity index is 1470. The summed E-state index contributed by atoms with van der Waals surface area (Å²) in [7, 11) is 0. The Morgan fingerprint density at radius 1 is 0.938 bits per heavy atom. The average Bonchev–Trinajstić information content (AvgIpc) is 3.47. The van der Waals surface area contributed by atoms with Crippen LogP contribution in [0.25, 0.3) is 44.3 Å². The molecule has 0 fully saturated rings. The molecule has 5 rings (SSSR count). The second kappa shape index (κ2) is 9.19. The van der Waals surface area contributed by atoms with Crippen LogP contribution in [0.4, 0.5) is 5.69 Å². The van der Waals surface area contributed by atoms with Crippen LogP contribution in [0.2, 0.25) is 0 Å². The monoisotopic (exact) mass is 421 g/mol. The van der Waals surface area contributed by atoms with Gasteiger partial charge in [0, 0.05) is 52.4 Å².